The van der Waals surface area contributed by atoms with Gasteiger partial charge in [0.1, 0.15) is 0 Å². The van der Waals surface area contributed by atoms with Gasteiger partial charge in [0.05, 0.1) is 0 Å². The highest BCUT2D eigenvalue weighted by atomic mass is 32.1. The summed E-state index contributed by atoms with van der Waals surface area (Å²) in [5.74, 6) is 0. The molecule has 2 N–H and O–H groups in total. The van der Waals surface area contributed by atoms with Gasteiger partial charge in [-0.1, -0.05) is 72.8 Å². The average Bonchev–Trinajstić information content (AvgIpc) is 3.09. The Morgan fingerprint density at radius 1 is 0.583 bits per heavy atom. The summed E-state index contributed by atoms with van der Waals surface area (Å²) in [6.07, 6.45) is 0. The van der Waals surface area contributed by atoms with Gasteiger partial charge in [-0.3, -0.25) is 0 Å². The lowest BCUT2D eigenvalue weighted by atomic mass is 9.95. The molecule has 0 radical (unpaired) electrons. The minimum absolute atomic E-state index is 0.792. The van der Waals surface area contributed by atoms with E-state index < -0.39 is 0 Å². The second-order valence-electron chi connectivity index (χ2n) is 5.71. The van der Waals surface area contributed by atoms with Crippen molar-refractivity contribution in [1.82, 2.24) is 0 Å². The quantitative estimate of drug-likeness (QED) is 0.437. The molecule has 0 amide bonds. The lowest BCUT2D eigenvalue weighted by Gasteiger charge is -2.09. The molecule has 1 nitrogen and oxygen atoms in total. The van der Waals surface area contributed by atoms with E-state index in [1.54, 1.807) is 11.3 Å². The predicted octanol–water partition coefficient (Wildman–Crippen LogP) is 6.33. The fourth-order valence-electron chi connectivity index (χ4n) is 2.93. The molecule has 0 aliphatic rings. The molecule has 0 aliphatic carbocycles. The van der Waals surface area contributed by atoms with Gasteiger partial charge in [-0.15, -0.1) is 11.3 Å². The van der Waals surface area contributed by atoms with Gasteiger partial charge in [0.2, 0.25) is 0 Å². The van der Waals surface area contributed by atoms with Crippen molar-refractivity contribution in [3.63, 3.8) is 0 Å². The van der Waals surface area contributed by atoms with Crippen LogP contribution in [0.5, 0.6) is 0 Å². The molecular formula is C22H17NS. The van der Waals surface area contributed by atoms with Crippen molar-refractivity contribution >= 4 is 17.0 Å². The van der Waals surface area contributed by atoms with Crippen LogP contribution >= 0.6 is 11.3 Å². The second-order valence-corrected chi connectivity index (χ2v) is 6.59. The van der Waals surface area contributed by atoms with Crippen LogP contribution in [-0.2, 0) is 0 Å². The summed E-state index contributed by atoms with van der Waals surface area (Å²) < 4.78 is 0. The first kappa shape index (κ1) is 14.7. The summed E-state index contributed by atoms with van der Waals surface area (Å²) in [7, 11) is 0. The third kappa shape index (κ3) is 2.72. The van der Waals surface area contributed by atoms with Crippen LogP contribution in [0.3, 0.4) is 0 Å². The molecule has 4 aromatic rings. The second kappa shape index (κ2) is 6.34. The van der Waals surface area contributed by atoms with E-state index in [-0.39, 0.29) is 0 Å². The first-order valence-corrected chi connectivity index (χ1v) is 8.79. The van der Waals surface area contributed by atoms with E-state index in [2.05, 4.69) is 78.2 Å². The summed E-state index contributed by atoms with van der Waals surface area (Å²) in [6, 6.07) is 29.3. The van der Waals surface area contributed by atoms with E-state index >= 15 is 0 Å². The summed E-state index contributed by atoms with van der Waals surface area (Å²) in [5, 5.41) is 2.25. The zero-order valence-corrected chi connectivity index (χ0v) is 14.0. The molecule has 0 fully saturated rings. The highest BCUT2D eigenvalue weighted by Gasteiger charge is 2.16. The van der Waals surface area contributed by atoms with E-state index in [0.717, 1.165) is 5.69 Å². The molecule has 1 aromatic heterocycles. The number of hydrogen-bond acceptors (Lipinski definition) is 2. The van der Waals surface area contributed by atoms with Gasteiger partial charge in [0, 0.05) is 21.7 Å². The zero-order chi connectivity index (χ0) is 16.4. The number of thiophene rings is 1. The van der Waals surface area contributed by atoms with Gasteiger partial charge in [0.15, 0.2) is 0 Å². The molecular weight excluding hydrogens is 310 g/mol. The van der Waals surface area contributed by atoms with Gasteiger partial charge in [-0.25, -0.2) is 0 Å². The van der Waals surface area contributed by atoms with Crippen molar-refractivity contribution in [2.24, 2.45) is 0 Å². The maximum atomic E-state index is 5.85. The molecule has 0 spiro atoms. The SMILES string of the molecule is Nc1ccc(-c2scc(-c3ccccc3)c2-c2ccccc2)cc1. The summed E-state index contributed by atoms with van der Waals surface area (Å²) >= 11 is 1.78. The number of nitrogens with two attached hydrogens (primary N) is 1. The molecule has 0 saturated heterocycles. The van der Waals surface area contributed by atoms with Crippen LogP contribution in [-0.4, -0.2) is 0 Å². The van der Waals surface area contributed by atoms with Crippen LogP contribution in [0.25, 0.3) is 32.7 Å². The van der Waals surface area contributed by atoms with Crippen LogP contribution in [0, 0.1) is 0 Å². The van der Waals surface area contributed by atoms with Crippen molar-refractivity contribution < 1.29 is 0 Å². The normalized spacial score (nSPS) is 10.7. The molecule has 2 heteroatoms. The summed E-state index contributed by atoms with van der Waals surface area (Å²) in [6.45, 7) is 0. The highest BCUT2D eigenvalue weighted by Crippen LogP contribution is 2.44. The van der Waals surface area contributed by atoms with Crippen molar-refractivity contribution in [3.05, 3.63) is 90.3 Å². The Labute approximate surface area is 146 Å². The van der Waals surface area contributed by atoms with Crippen LogP contribution < -0.4 is 5.73 Å². The van der Waals surface area contributed by atoms with Gasteiger partial charge in [-0.2, -0.15) is 0 Å². The number of nitrogen functional groups attached to an aromatic ring is 1. The van der Waals surface area contributed by atoms with Crippen molar-refractivity contribution in [1.29, 1.82) is 0 Å². The van der Waals surface area contributed by atoms with E-state index in [9.17, 15) is 0 Å². The molecule has 24 heavy (non-hydrogen) atoms. The van der Waals surface area contributed by atoms with Gasteiger partial charge in [0.25, 0.3) is 0 Å². The molecule has 116 valence electrons. The number of anilines is 1. The fourth-order valence-corrected chi connectivity index (χ4v) is 4.03. The molecule has 0 aliphatic heterocycles. The average molecular weight is 327 g/mol. The minimum Gasteiger partial charge on any atom is -0.399 e. The van der Waals surface area contributed by atoms with E-state index in [1.165, 1.54) is 32.7 Å². The first-order chi connectivity index (χ1) is 11.8. The molecule has 4 rings (SSSR count). The number of benzene rings is 3. The van der Waals surface area contributed by atoms with Crippen LogP contribution in [0.1, 0.15) is 0 Å². The minimum atomic E-state index is 0.792. The third-order valence-corrected chi connectivity index (χ3v) is 5.14. The Morgan fingerprint density at radius 3 is 1.79 bits per heavy atom. The molecule has 0 atom stereocenters. The zero-order valence-electron chi connectivity index (χ0n) is 13.1. The Balaban J connectivity index is 1.95. The smallest absolute Gasteiger partial charge is 0.0427 e. The fraction of sp³-hybridized carbons (Fsp3) is 0. The Bertz CT molecular complexity index is 938. The molecule has 0 bridgehead atoms. The van der Waals surface area contributed by atoms with Crippen LogP contribution in [0.4, 0.5) is 5.69 Å². The monoisotopic (exact) mass is 327 g/mol. The standard InChI is InChI=1S/C22H17NS/c23-19-13-11-18(12-14-19)22-21(17-9-5-2-6-10-17)20(15-24-22)16-7-3-1-4-8-16/h1-15H,23H2. The lowest BCUT2D eigenvalue weighted by Crippen LogP contribution is -1.85. The Morgan fingerprint density at radius 2 is 1.17 bits per heavy atom. The Kier molecular flexibility index (Phi) is 3.89. The predicted molar refractivity (Wildman–Crippen MR) is 105 cm³/mol. The highest BCUT2D eigenvalue weighted by molar-refractivity contribution is 7.14. The lowest BCUT2D eigenvalue weighted by molar-refractivity contribution is 1.62. The molecule has 3 aromatic carbocycles. The maximum Gasteiger partial charge on any atom is 0.0427 e. The van der Waals surface area contributed by atoms with Crippen molar-refractivity contribution in [2.75, 3.05) is 5.73 Å². The van der Waals surface area contributed by atoms with Gasteiger partial charge >= 0.3 is 0 Å². The van der Waals surface area contributed by atoms with Gasteiger partial charge < -0.3 is 5.73 Å². The molecule has 1 heterocycles. The van der Waals surface area contributed by atoms with Crippen molar-refractivity contribution in [3.8, 4) is 32.7 Å². The molecule has 0 unspecified atom stereocenters. The molecule has 0 saturated carbocycles. The summed E-state index contributed by atoms with van der Waals surface area (Å²) in [5.41, 5.74) is 12.9. The third-order valence-electron chi connectivity index (χ3n) is 4.11. The van der Waals surface area contributed by atoms with E-state index in [0.29, 0.717) is 0 Å². The van der Waals surface area contributed by atoms with Crippen molar-refractivity contribution in [2.45, 2.75) is 0 Å². The summed E-state index contributed by atoms with van der Waals surface area (Å²) in [4.78, 5) is 1.28. The van der Waals surface area contributed by atoms with E-state index in [1.807, 2.05) is 12.1 Å². The number of rotatable bonds is 3. The van der Waals surface area contributed by atoms with Crippen LogP contribution in [0.2, 0.25) is 0 Å². The number of hydrogen-bond donors (Lipinski definition) is 1. The van der Waals surface area contributed by atoms with E-state index in [4.69, 9.17) is 5.73 Å². The van der Waals surface area contributed by atoms with Crippen LogP contribution in [0.15, 0.2) is 90.3 Å². The van der Waals surface area contributed by atoms with Gasteiger partial charge in [-0.05, 0) is 34.2 Å². The largest absolute Gasteiger partial charge is 0.399 e. The Hall–Kier alpha value is -2.84. The maximum absolute atomic E-state index is 5.85. The topological polar surface area (TPSA) is 26.0 Å². The first-order valence-electron chi connectivity index (χ1n) is 7.91.